The highest BCUT2D eigenvalue weighted by atomic mass is 16.4. The van der Waals surface area contributed by atoms with Crippen molar-refractivity contribution < 1.29 is 9.90 Å². The van der Waals surface area contributed by atoms with E-state index in [9.17, 15) is 4.79 Å². The van der Waals surface area contributed by atoms with Crippen molar-refractivity contribution in [2.24, 2.45) is 0 Å². The molecule has 3 nitrogen and oxygen atoms in total. The smallest absolute Gasteiger partial charge is 0.335 e. The summed E-state index contributed by atoms with van der Waals surface area (Å²) < 4.78 is 0. The molecule has 82 valence electrons. The van der Waals surface area contributed by atoms with E-state index in [4.69, 9.17) is 11.7 Å². The van der Waals surface area contributed by atoms with Gasteiger partial charge in [0, 0.05) is 0 Å². The number of carboxylic acid groups (broad SMARTS) is 1. The Labute approximate surface area is 98.8 Å². The van der Waals surface area contributed by atoms with Gasteiger partial charge in [-0.3, -0.25) is 0 Å². The van der Waals surface area contributed by atoms with Crippen molar-refractivity contribution in [3.8, 4) is 11.1 Å². The number of carboxylic acids is 1. The Morgan fingerprint density at radius 3 is 1.82 bits per heavy atom. The van der Waals surface area contributed by atoms with Crippen LogP contribution < -0.4 is 0 Å². The van der Waals surface area contributed by atoms with E-state index in [2.05, 4.69) is 4.85 Å². The van der Waals surface area contributed by atoms with Crippen LogP contribution in [0.15, 0.2) is 48.5 Å². The van der Waals surface area contributed by atoms with Gasteiger partial charge < -0.3 is 5.11 Å². The molecule has 2 rings (SSSR count). The molecule has 0 aliphatic heterocycles. The van der Waals surface area contributed by atoms with Gasteiger partial charge in [0.25, 0.3) is 0 Å². The van der Waals surface area contributed by atoms with Crippen LogP contribution in [0.25, 0.3) is 16.0 Å². The third-order valence-electron chi connectivity index (χ3n) is 2.46. The molecule has 0 saturated heterocycles. The molecule has 1 N–H and O–H groups in total. The fraction of sp³-hybridized carbons (Fsp3) is 0. The maximum absolute atomic E-state index is 10.7. The second-order valence-corrected chi connectivity index (χ2v) is 3.54. The molecule has 0 bridgehead atoms. The van der Waals surface area contributed by atoms with Gasteiger partial charge in [-0.2, -0.15) is 0 Å². The van der Waals surface area contributed by atoms with Crippen LogP contribution in [0.3, 0.4) is 0 Å². The number of hydrogen-bond acceptors (Lipinski definition) is 1. The maximum Gasteiger partial charge on any atom is 0.335 e. The lowest BCUT2D eigenvalue weighted by Crippen LogP contribution is -1.94. The van der Waals surface area contributed by atoms with Crippen LogP contribution in [0.1, 0.15) is 10.4 Å². The normalized spacial score (nSPS) is 9.59. The molecule has 0 spiro atoms. The molecule has 0 heterocycles. The average Bonchev–Trinajstić information content (AvgIpc) is 2.39. The molecule has 17 heavy (non-hydrogen) atoms. The van der Waals surface area contributed by atoms with Gasteiger partial charge in [-0.05, 0) is 23.3 Å². The van der Waals surface area contributed by atoms with E-state index < -0.39 is 5.97 Å². The van der Waals surface area contributed by atoms with E-state index >= 15 is 0 Å². The molecule has 0 radical (unpaired) electrons. The summed E-state index contributed by atoms with van der Waals surface area (Å²) in [5.74, 6) is -0.931. The quantitative estimate of drug-likeness (QED) is 0.790. The lowest BCUT2D eigenvalue weighted by atomic mass is 10.0. The summed E-state index contributed by atoms with van der Waals surface area (Å²) in [7, 11) is 0. The summed E-state index contributed by atoms with van der Waals surface area (Å²) in [6, 6.07) is 13.8. The molecule has 3 heteroatoms. The second kappa shape index (κ2) is 4.50. The van der Waals surface area contributed by atoms with Crippen LogP contribution >= 0.6 is 0 Å². The highest BCUT2D eigenvalue weighted by Crippen LogP contribution is 2.22. The molecule has 0 aromatic heterocycles. The SMILES string of the molecule is [C-]#[N+]c1ccc(-c2ccc(C(=O)O)cc2)cc1. The van der Waals surface area contributed by atoms with Gasteiger partial charge in [-0.1, -0.05) is 36.4 Å². The molecule has 0 atom stereocenters. The number of carbonyl (C=O) groups is 1. The van der Waals surface area contributed by atoms with Crippen LogP contribution in [0.2, 0.25) is 0 Å². The summed E-state index contributed by atoms with van der Waals surface area (Å²) in [6.45, 7) is 6.85. The van der Waals surface area contributed by atoms with Crippen LogP contribution in [-0.4, -0.2) is 11.1 Å². The monoisotopic (exact) mass is 223 g/mol. The fourth-order valence-electron chi connectivity index (χ4n) is 1.53. The molecule has 0 saturated carbocycles. The summed E-state index contributed by atoms with van der Waals surface area (Å²) in [4.78, 5) is 14.0. The van der Waals surface area contributed by atoms with Gasteiger partial charge in [0.05, 0.1) is 12.1 Å². The molecule has 0 fully saturated rings. The zero-order valence-electron chi connectivity index (χ0n) is 8.92. The first-order valence-corrected chi connectivity index (χ1v) is 5.02. The van der Waals surface area contributed by atoms with Crippen LogP contribution in [0.4, 0.5) is 5.69 Å². The van der Waals surface area contributed by atoms with Crippen molar-refractivity contribution >= 4 is 11.7 Å². The highest BCUT2D eigenvalue weighted by Gasteiger charge is 2.02. The Balaban J connectivity index is 2.33. The van der Waals surface area contributed by atoms with Crippen molar-refractivity contribution in [3.05, 3.63) is 65.5 Å². The number of rotatable bonds is 2. The number of nitrogens with zero attached hydrogens (tertiary/aromatic N) is 1. The first kappa shape index (κ1) is 10.9. The Hall–Kier alpha value is -2.60. The molecule has 0 aliphatic carbocycles. The van der Waals surface area contributed by atoms with Gasteiger partial charge in [0.1, 0.15) is 0 Å². The third-order valence-corrected chi connectivity index (χ3v) is 2.46. The van der Waals surface area contributed by atoms with E-state index in [1.807, 2.05) is 12.1 Å². The van der Waals surface area contributed by atoms with E-state index in [0.717, 1.165) is 11.1 Å². The zero-order valence-corrected chi connectivity index (χ0v) is 8.92. The molecule has 2 aromatic rings. The second-order valence-electron chi connectivity index (χ2n) is 3.54. The van der Waals surface area contributed by atoms with Gasteiger partial charge >= 0.3 is 5.97 Å². The van der Waals surface area contributed by atoms with Gasteiger partial charge in [0.2, 0.25) is 0 Å². The Morgan fingerprint density at radius 1 is 0.941 bits per heavy atom. The number of aromatic carboxylic acids is 1. The molecule has 0 aliphatic rings. The van der Waals surface area contributed by atoms with E-state index in [1.54, 1.807) is 36.4 Å². The van der Waals surface area contributed by atoms with Gasteiger partial charge in [-0.15, -0.1) is 0 Å². The summed E-state index contributed by atoms with van der Waals surface area (Å²) in [5, 5.41) is 8.78. The Bertz CT molecular complexity index is 577. The Morgan fingerprint density at radius 2 is 1.41 bits per heavy atom. The molecule has 0 unspecified atom stereocenters. The molecule has 0 amide bonds. The minimum atomic E-state index is -0.931. The van der Waals surface area contributed by atoms with Crippen LogP contribution in [0, 0.1) is 6.57 Å². The van der Waals surface area contributed by atoms with Crippen molar-refractivity contribution in [2.75, 3.05) is 0 Å². The summed E-state index contributed by atoms with van der Waals surface area (Å²) in [6.07, 6.45) is 0. The summed E-state index contributed by atoms with van der Waals surface area (Å²) >= 11 is 0. The Kier molecular flexibility index (Phi) is 2.89. The van der Waals surface area contributed by atoms with Crippen molar-refractivity contribution in [1.82, 2.24) is 0 Å². The van der Waals surface area contributed by atoms with Crippen molar-refractivity contribution in [2.45, 2.75) is 0 Å². The minimum Gasteiger partial charge on any atom is -0.478 e. The minimum absolute atomic E-state index is 0.270. The van der Waals surface area contributed by atoms with Crippen molar-refractivity contribution in [1.29, 1.82) is 0 Å². The first-order valence-electron chi connectivity index (χ1n) is 5.02. The average molecular weight is 223 g/mol. The maximum atomic E-state index is 10.7. The zero-order chi connectivity index (χ0) is 12.3. The standard InChI is InChI=1S/C14H9NO2/c1-15-13-8-6-11(7-9-13)10-2-4-12(5-3-10)14(16)17/h2-9H,(H,16,17). The van der Waals surface area contributed by atoms with Gasteiger partial charge in [0.15, 0.2) is 5.69 Å². The van der Waals surface area contributed by atoms with Crippen LogP contribution in [0.5, 0.6) is 0 Å². The molecular weight excluding hydrogens is 214 g/mol. The number of hydrogen-bond donors (Lipinski definition) is 1. The van der Waals surface area contributed by atoms with E-state index in [-0.39, 0.29) is 5.56 Å². The van der Waals surface area contributed by atoms with E-state index in [0.29, 0.717) is 5.69 Å². The first-order chi connectivity index (χ1) is 8.20. The summed E-state index contributed by atoms with van der Waals surface area (Å²) in [5.41, 5.74) is 2.77. The van der Waals surface area contributed by atoms with Crippen molar-refractivity contribution in [3.63, 3.8) is 0 Å². The lowest BCUT2D eigenvalue weighted by molar-refractivity contribution is 0.0697. The largest absolute Gasteiger partial charge is 0.478 e. The molecular formula is C14H9NO2. The predicted molar refractivity (Wildman–Crippen MR) is 65.1 cm³/mol. The van der Waals surface area contributed by atoms with Gasteiger partial charge in [-0.25, -0.2) is 9.64 Å². The topological polar surface area (TPSA) is 41.7 Å². The van der Waals surface area contributed by atoms with E-state index in [1.165, 1.54) is 0 Å². The third kappa shape index (κ3) is 2.32. The number of benzene rings is 2. The van der Waals surface area contributed by atoms with Crippen LogP contribution in [-0.2, 0) is 0 Å². The lowest BCUT2D eigenvalue weighted by Gasteiger charge is -2.02. The fourth-order valence-corrected chi connectivity index (χ4v) is 1.53. The highest BCUT2D eigenvalue weighted by molar-refractivity contribution is 5.88. The molecule has 2 aromatic carbocycles. The predicted octanol–water partition coefficient (Wildman–Crippen LogP) is 3.60.